The minimum Gasteiger partial charge on any atom is -0.497 e. The summed E-state index contributed by atoms with van der Waals surface area (Å²) in [7, 11) is 1.63. The Balaban J connectivity index is 1.48. The number of methoxy groups -OCH3 is 1. The van der Waals surface area contributed by atoms with Gasteiger partial charge in [-0.1, -0.05) is 48.7 Å². The summed E-state index contributed by atoms with van der Waals surface area (Å²) in [5, 5.41) is 6.36. The number of pyridine rings is 1. The van der Waals surface area contributed by atoms with Gasteiger partial charge in [0.15, 0.2) is 0 Å². The largest absolute Gasteiger partial charge is 0.497 e. The Morgan fingerprint density at radius 2 is 1.70 bits per heavy atom. The Morgan fingerprint density at radius 1 is 0.939 bits per heavy atom. The summed E-state index contributed by atoms with van der Waals surface area (Å²) in [6.07, 6.45) is 6.02. The molecule has 174 valence electrons. The zero-order valence-electron chi connectivity index (χ0n) is 19.6. The first-order valence-electron chi connectivity index (χ1n) is 11.5. The van der Waals surface area contributed by atoms with E-state index < -0.39 is 0 Å². The number of urea groups is 1. The van der Waals surface area contributed by atoms with Gasteiger partial charge in [0.25, 0.3) is 0 Å². The molecule has 2 amide bonds. The Bertz CT molecular complexity index is 960. The van der Waals surface area contributed by atoms with Crippen LogP contribution in [0.5, 0.6) is 5.75 Å². The van der Waals surface area contributed by atoms with Crippen molar-refractivity contribution in [3.8, 4) is 5.75 Å². The van der Waals surface area contributed by atoms with Gasteiger partial charge in [0, 0.05) is 31.5 Å². The van der Waals surface area contributed by atoms with E-state index in [-0.39, 0.29) is 6.03 Å². The van der Waals surface area contributed by atoms with Crippen LogP contribution < -0.4 is 15.4 Å². The van der Waals surface area contributed by atoms with Crippen LogP contribution in [0.2, 0.25) is 0 Å². The maximum Gasteiger partial charge on any atom is 0.322 e. The Kier molecular flexibility index (Phi) is 9.58. The second-order valence-electron chi connectivity index (χ2n) is 8.12. The van der Waals surface area contributed by atoms with Gasteiger partial charge in [0.05, 0.1) is 7.11 Å². The van der Waals surface area contributed by atoms with Gasteiger partial charge in [-0.05, 0) is 61.7 Å². The second kappa shape index (κ2) is 13.1. The molecule has 0 radical (unpaired) electrons. The number of benzene rings is 2. The van der Waals surface area contributed by atoms with Crippen molar-refractivity contribution in [2.75, 3.05) is 30.8 Å². The lowest BCUT2D eigenvalue weighted by molar-refractivity contribution is 0.207. The van der Waals surface area contributed by atoms with E-state index in [1.165, 1.54) is 5.56 Å². The van der Waals surface area contributed by atoms with Gasteiger partial charge in [-0.3, -0.25) is 0 Å². The number of aryl methyl sites for hydroxylation is 1. The molecule has 1 heterocycles. The number of anilines is 2. The average molecular weight is 447 g/mol. The standard InChI is InChI=1S/C27H34N4O2/c1-22-10-12-23(13-11-22)21-31(27(32)30-24-14-16-25(33-2)17-15-24)20-8-4-3-6-18-28-26-9-5-7-19-29-26/h5,7,9-17,19H,3-4,6,8,18,20-21H2,1-2H3,(H,28,29)(H,30,32). The summed E-state index contributed by atoms with van der Waals surface area (Å²) < 4.78 is 5.20. The molecule has 0 aliphatic carbocycles. The molecule has 0 unspecified atom stereocenters. The van der Waals surface area contributed by atoms with E-state index in [0.29, 0.717) is 13.1 Å². The van der Waals surface area contributed by atoms with E-state index in [1.807, 2.05) is 47.4 Å². The molecule has 6 heteroatoms. The zero-order valence-corrected chi connectivity index (χ0v) is 19.6. The number of ether oxygens (including phenoxy) is 1. The lowest BCUT2D eigenvalue weighted by Crippen LogP contribution is -2.35. The third-order valence-corrected chi connectivity index (χ3v) is 5.45. The normalized spacial score (nSPS) is 10.5. The van der Waals surface area contributed by atoms with E-state index in [4.69, 9.17) is 4.74 Å². The van der Waals surface area contributed by atoms with Gasteiger partial charge in [0.2, 0.25) is 0 Å². The van der Waals surface area contributed by atoms with E-state index in [1.54, 1.807) is 13.3 Å². The number of nitrogens with one attached hydrogen (secondary N) is 2. The molecule has 33 heavy (non-hydrogen) atoms. The van der Waals surface area contributed by atoms with Gasteiger partial charge in [-0.15, -0.1) is 0 Å². The number of hydrogen-bond donors (Lipinski definition) is 2. The average Bonchev–Trinajstić information content (AvgIpc) is 2.85. The lowest BCUT2D eigenvalue weighted by Gasteiger charge is -2.23. The molecule has 0 bridgehead atoms. The van der Waals surface area contributed by atoms with Crippen molar-refractivity contribution >= 4 is 17.5 Å². The van der Waals surface area contributed by atoms with Crippen molar-refractivity contribution in [2.24, 2.45) is 0 Å². The van der Waals surface area contributed by atoms with E-state index >= 15 is 0 Å². The third-order valence-electron chi connectivity index (χ3n) is 5.45. The fraction of sp³-hybridized carbons (Fsp3) is 0.333. The summed E-state index contributed by atoms with van der Waals surface area (Å²) in [4.78, 5) is 19.2. The molecule has 0 spiro atoms. The van der Waals surface area contributed by atoms with E-state index in [9.17, 15) is 4.79 Å². The Hall–Kier alpha value is -3.54. The molecule has 0 saturated carbocycles. The van der Waals surface area contributed by atoms with Crippen molar-refractivity contribution in [3.05, 3.63) is 84.1 Å². The first-order valence-corrected chi connectivity index (χ1v) is 11.5. The second-order valence-corrected chi connectivity index (χ2v) is 8.12. The number of unbranched alkanes of at least 4 members (excludes halogenated alkanes) is 3. The van der Waals surface area contributed by atoms with Crippen molar-refractivity contribution in [1.29, 1.82) is 0 Å². The molecule has 1 aromatic heterocycles. The number of carbonyl (C=O) groups is 1. The molecule has 2 aromatic carbocycles. The highest BCUT2D eigenvalue weighted by Gasteiger charge is 2.14. The van der Waals surface area contributed by atoms with Crippen molar-refractivity contribution in [3.63, 3.8) is 0 Å². The topological polar surface area (TPSA) is 66.5 Å². The molecule has 0 atom stereocenters. The fourth-order valence-corrected chi connectivity index (χ4v) is 3.51. The molecular formula is C27H34N4O2. The Labute approximate surface area is 197 Å². The van der Waals surface area contributed by atoms with Gasteiger partial charge in [-0.25, -0.2) is 9.78 Å². The number of amides is 2. The highest BCUT2D eigenvalue weighted by molar-refractivity contribution is 5.89. The summed E-state index contributed by atoms with van der Waals surface area (Å²) in [5.41, 5.74) is 3.10. The minimum atomic E-state index is -0.0856. The number of aromatic nitrogens is 1. The predicted molar refractivity (Wildman–Crippen MR) is 135 cm³/mol. The van der Waals surface area contributed by atoms with Crippen LogP contribution in [0.3, 0.4) is 0 Å². The zero-order chi connectivity index (χ0) is 23.3. The summed E-state index contributed by atoms with van der Waals surface area (Å²) in [5.74, 6) is 1.68. The number of carbonyl (C=O) groups excluding carboxylic acids is 1. The predicted octanol–water partition coefficient (Wildman–Crippen LogP) is 6.11. The van der Waals surface area contributed by atoms with Crippen molar-refractivity contribution < 1.29 is 9.53 Å². The van der Waals surface area contributed by atoms with Gasteiger partial charge >= 0.3 is 6.03 Å². The van der Waals surface area contributed by atoms with E-state index in [2.05, 4.69) is 46.8 Å². The Morgan fingerprint density at radius 3 is 2.39 bits per heavy atom. The smallest absolute Gasteiger partial charge is 0.322 e. The summed E-state index contributed by atoms with van der Waals surface area (Å²) in [6, 6.07) is 21.5. The van der Waals surface area contributed by atoms with E-state index in [0.717, 1.165) is 55.0 Å². The van der Waals surface area contributed by atoms with Crippen LogP contribution in [-0.4, -0.2) is 36.1 Å². The van der Waals surface area contributed by atoms with Crippen molar-refractivity contribution in [1.82, 2.24) is 9.88 Å². The van der Waals surface area contributed by atoms with Crippen LogP contribution in [0.25, 0.3) is 0 Å². The first kappa shape index (κ1) is 24.1. The van der Waals surface area contributed by atoms with Gasteiger partial charge in [-0.2, -0.15) is 0 Å². The lowest BCUT2D eigenvalue weighted by atomic mass is 10.1. The fourth-order valence-electron chi connectivity index (χ4n) is 3.51. The maximum atomic E-state index is 13.0. The van der Waals surface area contributed by atoms with Crippen molar-refractivity contribution in [2.45, 2.75) is 39.2 Å². The first-order chi connectivity index (χ1) is 16.1. The monoisotopic (exact) mass is 446 g/mol. The third kappa shape index (κ3) is 8.48. The van der Waals surface area contributed by atoms with Crippen LogP contribution >= 0.6 is 0 Å². The number of nitrogens with zero attached hydrogens (tertiary/aromatic N) is 2. The molecule has 0 aliphatic heterocycles. The molecule has 2 N–H and O–H groups in total. The SMILES string of the molecule is COc1ccc(NC(=O)N(CCCCCCNc2ccccn2)Cc2ccc(C)cc2)cc1. The molecule has 3 rings (SSSR count). The molecule has 0 saturated heterocycles. The number of rotatable bonds is 12. The quantitative estimate of drug-likeness (QED) is 0.330. The molecule has 6 nitrogen and oxygen atoms in total. The van der Waals surface area contributed by atoms with Gasteiger partial charge in [0.1, 0.15) is 11.6 Å². The molecule has 0 fully saturated rings. The van der Waals surface area contributed by atoms with Crippen LogP contribution in [0.15, 0.2) is 72.9 Å². The molecule has 0 aliphatic rings. The van der Waals surface area contributed by atoms with Gasteiger partial charge < -0.3 is 20.3 Å². The number of hydrogen-bond acceptors (Lipinski definition) is 4. The highest BCUT2D eigenvalue weighted by Crippen LogP contribution is 2.17. The molecule has 3 aromatic rings. The minimum absolute atomic E-state index is 0.0856. The summed E-state index contributed by atoms with van der Waals surface area (Å²) >= 11 is 0. The van der Waals surface area contributed by atoms with Crippen LogP contribution in [0.1, 0.15) is 36.8 Å². The highest BCUT2D eigenvalue weighted by atomic mass is 16.5. The summed E-state index contributed by atoms with van der Waals surface area (Å²) in [6.45, 7) is 4.27. The van der Waals surface area contributed by atoms with Crippen LogP contribution in [-0.2, 0) is 6.54 Å². The maximum absolute atomic E-state index is 13.0. The van der Waals surface area contributed by atoms with Crippen LogP contribution in [0.4, 0.5) is 16.3 Å². The molecular weight excluding hydrogens is 412 g/mol. The van der Waals surface area contributed by atoms with Crippen LogP contribution in [0, 0.1) is 6.92 Å².